The van der Waals surface area contributed by atoms with E-state index >= 15 is 0 Å². The van der Waals surface area contributed by atoms with Crippen molar-refractivity contribution in [3.05, 3.63) is 217 Å². The highest BCUT2D eigenvalue weighted by Gasteiger charge is 2.28. The molecule has 11 rings (SSSR count). The normalized spacial score (nSPS) is 13.5. The van der Waals surface area contributed by atoms with E-state index in [4.69, 9.17) is 4.42 Å². The van der Waals surface area contributed by atoms with E-state index in [2.05, 4.69) is 192 Å². The predicted molar refractivity (Wildman–Crippen MR) is 232 cm³/mol. The third-order valence-electron chi connectivity index (χ3n) is 11.5. The van der Waals surface area contributed by atoms with Crippen LogP contribution in [0, 0.1) is 0 Å². The minimum Gasteiger partial charge on any atom is -0.454 e. The number of nitrogens with zero attached hydrogens (tertiary/aromatic N) is 2. The molecule has 0 aliphatic heterocycles. The Kier molecular flexibility index (Phi) is 7.63. The van der Waals surface area contributed by atoms with Gasteiger partial charge < -0.3 is 9.32 Å². The molecule has 2 heterocycles. The number of aromatic nitrogens is 1. The smallest absolute Gasteiger partial charge is 0.153 e. The lowest BCUT2D eigenvalue weighted by atomic mass is 9.74. The molecule has 0 radical (unpaired) electrons. The van der Waals surface area contributed by atoms with E-state index < -0.39 is 0 Å². The maximum Gasteiger partial charge on any atom is 0.153 e. The van der Waals surface area contributed by atoms with Gasteiger partial charge in [-0.05, 0) is 105 Å². The van der Waals surface area contributed by atoms with E-state index in [1.54, 1.807) is 0 Å². The lowest BCUT2D eigenvalue weighted by Gasteiger charge is -2.31. The molecule has 0 bridgehead atoms. The molecule has 1 aliphatic rings. The Morgan fingerprint density at radius 3 is 2.07 bits per heavy atom. The number of pyridine rings is 1. The first-order chi connectivity index (χ1) is 27.8. The number of hydrogen-bond donors (Lipinski definition) is 0. The van der Waals surface area contributed by atoms with Crippen molar-refractivity contribution >= 4 is 49.9 Å². The minimum absolute atomic E-state index is 0.241. The number of rotatable bonds is 6. The molecule has 264 valence electrons. The van der Waals surface area contributed by atoms with Gasteiger partial charge in [-0.1, -0.05) is 146 Å². The topological polar surface area (TPSA) is 29.3 Å². The summed E-state index contributed by atoms with van der Waals surface area (Å²) in [6, 6.07) is 70.2. The van der Waals surface area contributed by atoms with Crippen molar-refractivity contribution in [2.45, 2.75) is 12.3 Å². The van der Waals surface area contributed by atoms with Gasteiger partial charge in [0.25, 0.3) is 0 Å². The standard InChI is InChI=1S/C53H36N2O/c1-2-13-35(14-3-1)37-16-10-17-40(33-37)55(39-28-26-36(27-29-39)42-23-11-24-48-52-51(56-53(42)48)25-12-32-54-52)50-31-30-46(44-20-8-9-22-47(44)50)49-34-38-15-4-5-18-41(38)43-19-6-7-21-45(43)49/h1-33,49H,34H2. The maximum absolute atomic E-state index is 6.39. The van der Waals surface area contributed by atoms with E-state index in [1.165, 1.54) is 49.7 Å². The summed E-state index contributed by atoms with van der Waals surface area (Å²) in [5.41, 5.74) is 17.2. The molecule has 0 fully saturated rings. The first kappa shape index (κ1) is 32.2. The van der Waals surface area contributed by atoms with Crippen LogP contribution in [0.4, 0.5) is 17.1 Å². The van der Waals surface area contributed by atoms with Crippen LogP contribution in [0.2, 0.25) is 0 Å². The SMILES string of the molecule is c1ccc(-c2cccc(N(c3ccc(-c4cccc5c4oc4cccnc45)cc3)c3ccc(C4Cc5ccccc5-c5ccccc54)c4ccccc34)c2)cc1. The molecule has 2 aromatic heterocycles. The average Bonchev–Trinajstić information content (AvgIpc) is 3.66. The molecule has 1 aliphatic carbocycles. The van der Waals surface area contributed by atoms with Gasteiger partial charge in [0.05, 0.1) is 5.69 Å². The van der Waals surface area contributed by atoms with E-state index in [9.17, 15) is 0 Å². The highest BCUT2D eigenvalue weighted by atomic mass is 16.3. The van der Waals surface area contributed by atoms with Crippen LogP contribution in [0.1, 0.15) is 22.6 Å². The number of hydrogen-bond acceptors (Lipinski definition) is 3. The zero-order valence-corrected chi connectivity index (χ0v) is 30.6. The van der Waals surface area contributed by atoms with Crippen molar-refractivity contribution in [1.29, 1.82) is 0 Å². The third kappa shape index (κ3) is 5.32. The van der Waals surface area contributed by atoms with Crippen LogP contribution in [0.15, 0.2) is 205 Å². The van der Waals surface area contributed by atoms with Gasteiger partial charge in [-0.3, -0.25) is 4.98 Å². The zero-order chi connectivity index (χ0) is 37.0. The summed E-state index contributed by atoms with van der Waals surface area (Å²) >= 11 is 0. The van der Waals surface area contributed by atoms with Crippen molar-refractivity contribution in [2.75, 3.05) is 4.90 Å². The van der Waals surface area contributed by atoms with Gasteiger partial charge >= 0.3 is 0 Å². The number of anilines is 3. The summed E-state index contributed by atoms with van der Waals surface area (Å²) in [6.45, 7) is 0. The lowest BCUT2D eigenvalue weighted by Crippen LogP contribution is -2.14. The number of fused-ring (bicyclic) bond motifs is 7. The third-order valence-corrected chi connectivity index (χ3v) is 11.5. The molecule has 0 amide bonds. The van der Waals surface area contributed by atoms with E-state index in [0.29, 0.717) is 0 Å². The second-order valence-corrected chi connectivity index (χ2v) is 14.7. The highest BCUT2D eigenvalue weighted by molar-refractivity contribution is 6.08. The van der Waals surface area contributed by atoms with Crippen molar-refractivity contribution in [3.8, 4) is 33.4 Å². The summed E-state index contributed by atoms with van der Waals surface area (Å²) in [4.78, 5) is 7.03. The summed E-state index contributed by atoms with van der Waals surface area (Å²) in [5.74, 6) is 0.241. The Balaban J connectivity index is 1.07. The molecule has 3 heteroatoms. The van der Waals surface area contributed by atoms with Crippen LogP contribution < -0.4 is 4.90 Å². The molecule has 0 spiro atoms. The average molecular weight is 717 g/mol. The molecule has 8 aromatic carbocycles. The number of para-hydroxylation sites is 1. The van der Waals surface area contributed by atoms with Crippen LogP contribution in [0.5, 0.6) is 0 Å². The molecule has 0 saturated carbocycles. The van der Waals surface area contributed by atoms with E-state index in [-0.39, 0.29) is 5.92 Å². The van der Waals surface area contributed by atoms with Gasteiger partial charge in [0.15, 0.2) is 5.58 Å². The van der Waals surface area contributed by atoms with E-state index in [1.807, 2.05) is 18.3 Å². The molecule has 0 N–H and O–H groups in total. The zero-order valence-electron chi connectivity index (χ0n) is 30.6. The molecule has 10 aromatic rings. The largest absolute Gasteiger partial charge is 0.454 e. The van der Waals surface area contributed by atoms with Crippen molar-refractivity contribution in [1.82, 2.24) is 4.98 Å². The first-order valence-corrected chi connectivity index (χ1v) is 19.3. The predicted octanol–water partition coefficient (Wildman–Crippen LogP) is 14.3. The Bertz CT molecular complexity index is 3070. The Labute approximate surface area is 325 Å². The van der Waals surface area contributed by atoms with Crippen molar-refractivity contribution in [2.24, 2.45) is 0 Å². The maximum atomic E-state index is 6.39. The minimum atomic E-state index is 0.241. The summed E-state index contributed by atoms with van der Waals surface area (Å²) in [5, 5.41) is 3.52. The van der Waals surface area contributed by atoms with Gasteiger partial charge in [0.2, 0.25) is 0 Å². The quantitative estimate of drug-likeness (QED) is 0.172. The molecule has 0 saturated heterocycles. The van der Waals surface area contributed by atoms with Gasteiger partial charge in [-0.15, -0.1) is 0 Å². The molecule has 56 heavy (non-hydrogen) atoms. The monoisotopic (exact) mass is 716 g/mol. The Morgan fingerprint density at radius 2 is 1.18 bits per heavy atom. The molecule has 3 nitrogen and oxygen atoms in total. The lowest BCUT2D eigenvalue weighted by molar-refractivity contribution is 0.669. The van der Waals surface area contributed by atoms with Gasteiger partial charge in [-0.2, -0.15) is 0 Å². The second-order valence-electron chi connectivity index (χ2n) is 14.7. The fraction of sp³-hybridized carbons (Fsp3) is 0.0377. The van der Waals surface area contributed by atoms with Crippen LogP contribution >= 0.6 is 0 Å². The van der Waals surface area contributed by atoms with Gasteiger partial charge in [0, 0.05) is 39.8 Å². The second kappa shape index (κ2) is 13.3. The van der Waals surface area contributed by atoms with Crippen LogP contribution in [0.3, 0.4) is 0 Å². The van der Waals surface area contributed by atoms with Crippen molar-refractivity contribution < 1.29 is 4.42 Å². The summed E-state index contributed by atoms with van der Waals surface area (Å²) < 4.78 is 6.39. The van der Waals surface area contributed by atoms with Gasteiger partial charge in [0.1, 0.15) is 11.1 Å². The number of benzene rings is 8. The molecule has 1 unspecified atom stereocenters. The number of furan rings is 1. The first-order valence-electron chi connectivity index (χ1n) is 19.3. The summed E-state index contributed by atoms with van der Waals surface area (Å²) in [6.07, 6.45) is 2.79. The van der Waals surface area contributed by atoms with Gasteiger partial charge in [-0.25, -0.2) is 0 Å². The highest BCUT2D eigenvalue weighted by Crippen LogP contribution is 2.47. The Morgan fingerprint density at radius 1 is 0.464 bits per heavy atom. The van der Waals surface area contributed by atoms with E-state index in [0.717, 1.165) is 56.7 Å². The van der Waals surface area contributed by atoms with Crippen molar-refractivity contribution in [3.63, 3.8) is 0 Å². The fourth-order valence-electron chi connectivity index (χ4n) is 8.94. The Hall–Kier alpha value is -7.23. The molecular formula is C53H36N2O. The van der Waals surface area contributed by atoms with Crippen LogP contribution in [-0.4, -0.2) is 4.98 Å². The van der Waals surface area contributed by atoms with Crippen LogP contribution in [-0.2, 0) is 6.42 Å². The fourth-order valence-corrected chi connectivity index (χ4v) is 8.94. The van der Waals surface area contributed by atoms with Crippen LogP contribution in [0.25, 0.3) is 66.2 Å². The molecular weight excluding hydrogens is 681 g/mol. The summed E-state index contributed by atoms with van der Waals surface area (Å²) in [7, 11) is 0. The molecule has 1 atom stereocenters.